The van der Waals surface area contributed by atoms with Crippen LogP contribution in [0.3, 0.4) is 0 Å². The molecule has 4 fully saturated rings. The van der Waals surface area contributed by atoms with Gasteiger partial charge in [-0.3, -0.25) is 0 Å². The van der Waals surface area contributed by atoms with Gasteiger partial charge in [0.05, 0.1) is 12.7 Å². The van der Waals surface area contributed by atoms with E-state index in [4.69, 9.17) is 19.2 Å². The van der Waals surface area contributed by atoms with E-state index in [-0.39, 0.29) is 17.4 Å². The van der Waals surface area contributed by atoms with Crippen LogP contribution >= 0.6 is 0 Å². The zero-order valence-electron chi connectivity index (χ0n) is 19.9. The number of carbonyl (C=O) groups is 2. The van der Waals surface area contributed by atoms with Crippen LogP contribution in [-0.4, -0.2) is 24.9 Å². The highest BCUT2D eigenvalue weighted by molar-refractivity contribution is 6.09. The van der Waals surface area contributed by atoms with E-state index >= 15 is 0 Å². The van der Waals surface area contributed by atoms with Crippen LogP contribution in [0.2, 0.25) is 0 Å². The van der Waals surface area contributed by atoms with Gasteiger partial charge >= 0.3 is 11.9 Å². The number of carbonyl (C=O) groups excluding carboxylic acids is 2. The van der Waals surface area contributed by atoms with Crippen molar-refractivity contribution >= 4 is 23.9 Å². The second kappa shape index (κ2) is 8.67. The maximum atomic E-state index is 12.6. The maximum absolute atomic E-state index is 12.6. The Morgan fingerprint density at radius 2 is 1.63 bits per heavy atom. The monoisotopic (exact) mass is 471 g/mol. The van der Waals surface area contributed by atoms with Gasteiger partial charge in [0.25, 0.3) is 0 Å². The number of rotatable bonds is 6. The molecule has 6 nitrogen and oxygen atoms in total. The summed E-state index contributed by atoms with van der Waals surface area (Å²) in [5.41, 5.74) is 2.70. The number of aliphatic imine (C=N–C) groups is 1. The fraction of sp³-hybridized carbons (Fsp3) is 0.414. The third-order valence-electron chi connectivity index (χ3n) is 8.08. The van der Waals surface area contributed by atoms with Gasteiger partial charge in [-0.1, -0.05) is 24.3 Å². The molecule has 6 heteroatoms. The molecule has 0 radical (unpaired) electrons. The summed E-state index contributed by atoms with van der Waals surface area (Å²) < 4.78 is 16.3. The predicted octanol–water partition coefficient (Wildman–Crippen LogP) is 5.56. The highest BCUT2D eigenvalue weighted by Crippen LogP contribution is 2.61. The Hall–Kier alpha value is -3.41. The molecule has 0 saturated heterocycles. The van der Waals surface area contributed by atoms with Crippen LogP contribution in [-0.2, 0) is 20.9 Å². The van der Waals surface area contributed by atoms with E-state index in [0.717, 1.165) is 53.9 Å². The molecule has 4 saturated carbocycles. The van der Waals surface area contributed by atoms with Crippen LogP contribution < -0.4 is 4.74 Å². The second-order valence-corrected chi connectivity index (χ2v) is 10.6. The van der Waals surface area contributed by atoms with Crippen molar-refractivity contribution in [2.75, 3.05) is 7.11 Å². The Bertz CT molecular complexity index is 1170. The molecule has 0 N–H and O–H groups in total. The fourth-order valence-electron chi connectivity index (χ4n) is 6.85. The lowest BCUT2D eigenvalue weighted by atomic mass is 9.49. The Morgan fingerprint density at radius 3 is 2.23 bits per heavy atom. The third-order valence-corrected chi connectivity index (χ3v) is 8.08. The molecule has 180 valence electrons. The Labute approximate surface area is 205 Å². The quantitative estimate of drug-likeness (QED) is 0.407. The molecular formula is C29H29NO5. The lowest BCUT2D eigenvalue weighted by Crippen LogP contribution is -2.50. The average Bonchev–Trinajstić information content (AvgIpc) is 3.23. The standard InChI is InChI=1S/C29H29NO5/c1-33-26(31)23-6-2-19(3-7-23)17-34-24-8-4-18(5-9-24)13-25-27(32)35-28(30-25)29-14-20-10-21(15-29)12-22(11-20)16-29/h2-9,13,20-22H,10-12,14-17H2,1H3/b25-13-. The number of hydrogen-bond acceptors (Lipinski definition) is 6. The summed E-state index contributed by atoms with van der Waals surface area (Å²) in [7, 11) is 1.36. The van der Waals surface area contributed by atoms with E-state index < -0.39 is 0 Å². The molecule has 0 amide bonds. The highest BCUT2D eigenvalue weighted by Gasteiger charge is 2.55. The minimum absolute atomic E-state index is 0.0211. The van der Waals surface area contributed by atoms with Gasteiger partial charge in [-0.15, -0.1) is 0 Å². The molecule has 7 rings (SSSR count). The fourth-order valence-corrected chi connectivity index (χ4v) is 6.85. The van der Waals surface area contributed by atoms with Gasteiger partial charge in [0.1, 0.15) is 12.4 Å². The van der Waals surface area contributed by atoms with Gasteiger partial charge in [-0.2, -0.15) is 0 Å². The van der Waals surface area contributed by atoms with Gasteiger partial charge in [0.15, 0.2) is 5.70 Å². The van der Waals surface area contributed by atoms with Crippen LogP contribution in [0.15, 0.2) is 59.2 Å². The number of ether oxygens (including phenoxy) is 3. The average molecular weight is 472 g/mol. The van der Waals surface area contributed by atoms with E-state index in [1.165, 1.54) is 26.4 Å². The van der Waals surface area contributed by atoms with E-state index in [1.807, 2.05) is 36.4 Å². The molecule has 0 unspecified atom stereocenters. The van der Waals surface area contributed by atoms with Gasteiger partial charge in [0, 0.05) is 5.41 Å². The summed E-state index contributed by atoms with van der Waals surface area (Å²) >= 11 is 0. The molecule has 4 bridgehead atoms. The zero-order valence-corrected chi connectivity index (χ0v) is 19.9. The van der Waals surface area contributed by atoms with E-state index in [9.17, 15) is 9.59 Å². The molecule has 1 heterocycles. The van der Waals surface area contributed by atoms with Crippen molar-refractivity contribution in [3.05, 3.63) is 70.9 Å². The van der Waals surface area contributed by atoms with Crippen LogP contribution in [0.5, 0.6) is 5.75 Å². The molecule has 0 atom stereocenters. The summed E-state index contributed by atoms with van der Waals surface area (Å²) in [6, 6.07) is 14.7. The molecule has 35 heavy (non-hydrogen) atoms. The SMILES string of the molecule is COC(=O)c1ccc(COc2ccc(/C=C3\N=C(C45CC6CC(CC(C6)C4)C5)OC3=O)cc2)cc1. The highest BCUT2D eigenvalue weighted by atomic mass is 16.6. The lowest BCUT2D eigenvalue weighted by molar-refractivity contribution is -0.131. The first-order valence-corrected chi connectivity index (χ1v) is 12.4. The third kappa shape index (κ3) is 4.26. The first-order chi connectivity index (χ1) is 17.0. The smallest absolute Gasteiger partial charge is 0.363 e. The lowest BCUT2D eigenvalue weighted by Gasteiger charge is -2.55. The maximum Gasteiger partial charge on any atom is 0.363 e. The van der Waals surface area contributed by atoms with E-state index in [0.29, 0.717) is 23.8 Å². The molecule has 0 spiro atoms. The van der Waals surface area contributed by atoms with Crippen molar-refractivity contribution < 1.29 is 23.8 Å². The Balaban J connectivity index is 1.12. The number of hydrogen-bond donors (Lipinski definition) is 0. The first kappa shape index (κ1) is 22.1. The van der Waals surface area contributed by atoms with Gasteiger partial charge < -0.3 is 14.2 Å². The normalized spacial score (nSPS) is 29.7. The predicted molar refractivity (Wildman–Crippen MR) is 131 cm³/mol. The largest absolute Gasteiger partial charge is 0.489 e. The van der Waals surface area contributed by atoms with Crippen molar-refractivity contribution in [3.63, 3.8) is 0 Å². The number of nitrogens with zero attached hydrogens (tertiary/aromatic N) is 1. The van der Waals surface area contributed by atoms with Crippen molar-refractivity contribution in [2.24, 2.45) is 28.2 Å². The van der Waals surface area contributed by atoms with Crippen molar-refractivity contribution in [3.8, 4) is 5.75 Å². The molecule has 1 aliphatic heterocycles. The molecular weight excluding hydrogens is 442 g/mol. The van der Waals surface area contributed by atoms with Crippen molar-refractivity contribution in [2.45, 2.75) is 45.1 Å². The first-order valence-electron chi connectivity index (χ1n) is 12.4. The van der Waals surface area contributed by atoms with Crippen molar-refractivity contribution in [1.29, 1.82) is 0 Å². The molecule has 5 aliphatic rings. The second-order valence-electron chi connectivity index (χ2n) is 10.6. The summed E-state index contributed by atoms with van der Waals surface area (Å²) in [6.07, 6.45) is 9.19. The molecule has 0 aromatic heterocycles. The van der Waals surface area contributed by atoms with Crippen LogP contribution in [0, 0.1) is 23.2 Å². The number of esters is 2. The minimum atomic E-state index is -0.359. The van der Waals surface area contributed by atoms with Crippen LogP contribution in [0.4, 0.5) is 0 Å². The summed E-state index contributed by atoms with van der Waals surface area (Å²) in [5, 5.41) is 0. The Kier molecular flexibility index (Phi) is 5.47. The summed E-state index contributed by atoms with van der Waals surface area (Å²) in [5.74, 6) is 3.01. The summed E-state index contributed by atoms with van der Waals surface area (Å²) in [6.45, 7) is 0.382. The van der Waals surface area contributed by atoms with E-state index in [1.54, 1.807) is 18.2 Å². The summed E-state index contributed by atoms with van der Waals surface area (Å²) in [4.78, 5) is 28.9. The molecule has 4 aliphatic carbocycles. The zero-order chi connectivity index (χ0) is 24.0. The topological polar surface area (TPSA) is 74.2 Å². The van der Waals surface area contributed by atoms with Gasteiger partial charge in [-0.25, -0.2) is 14.6 Å². The van der Waals surface area contributed by atoms with Crippen molar-refractivity contribution in [1.82, 2.24) is 0 Å². The van der Waals surface area contributed by atoms with Crippen LogP contribution in [0.25, 0.3) is 6.08 Å². The molecule has 2 aromatic rings. The Morgan fingerprint density at radius 1 is 1.00 bits per heavy atom. The van der Waals surface area contributed by atoms with Gasteiger partial charge in [0.2, 0.25) is 5.90 Å². The number of methoxy groups -OCH3 is 1. The van der Waals surface area contributed by atoms with Gasteiger partial charge in [-0.05, 0) is 97.7 Å². The number of benzene rings is 2. The van der Waals surface area contributed by atoms with E-state index in [2.05, 4.69) is 0 Å². The van der Waals surface area contributed by atoms with Crippen LogP contribution in [0.1, 0.15) is 60.0 Å². The minimum Gasteiger partial charge on any atom is -0.489 e. The molecule has 2 aromatic carbocycles. The number of cyclic esters (lactones) is 1.